The number of hydrogen-bond donors (Lipinski definition) is 1. The van der Waals surface area contributed by atoms with Gasteiger partial charge < -0.3 is 10.2 Å². The molecule has 0 aliphatic rings. The second-order valence-corrected chi connectivity index (χ2v) is 9.38. The fourth-order valence-corrected chi connectivity index (χ4v) is 4.64. The number of likely N-dealkylation sites (N-methyl/N-ethyl adjacent to an activating group) is 1. The van der Waals surface area contributed by atoms with Crippen molar-refractivity contribution in [2.24, 2.45) is 0 Å². The molecule has 0 radical (unpaired) electrons. The summed E-state index contributed by atoms with van der Waals surface area (Å²) in [6.45, 7) is 4.44. The monoisotopic (exact) mass is 530 g/mol. The molecule has 2 rings (SSSR count). The van der Waals surface area contributed by atoms with E-state index in [9.17, 15) is 9.59 Å². The number of nitrogens with zero attached hydrogens (tertiary/aromatic N) is 1. The predicted molar refractivity (Wildman–Crippen MR) is 130 cm³/mol. The lowest BCUT2D eigenvalue weighted by Crippen LogP contribution is -2.49. The van der Waals surface area contributed by atoms with Crippen LogP contribution in [0.5, 0.6) is 0 Å². The van der Waals surface area contributed by atoms with Gasteiger partial charge in [0.15, 0.2) is 0 Å². The van der Waals surface area contributed by atoms with Gasteiger partial charge in [0.1, 0.15) is 6.04 Å². The summed E-state index contributed by atoms with van der Waals surface area (Å²) in [5.41, 5.74) is 1.78. The van der Waals surface area contributed by atoms with Gasteiger partial charge in [0.2, 0.25) is 11.8 Å². The molecule has 2 aromatic rings. The van der Waals surface area contributed by atoms with Crippen LogP contribution in [0, 0.1) is 0 Å². The molecule has 162 valence electrons. The summed E-state index contributed by atoms with van der Waals surface area (Å²) in [5, 5.41) is 3.78. The fraction of sp³-hybridized carbons (Fsp3) is 0.364. The number of carbonyl (C=O) groups is 2. The summed E-state index contributed by atoms with van der Waals surface area (Å²) >= 11 is 17.6. The number of rotatable bonds is 10. The molecule has 0 bridgehead atoms. The number of halogens is 3. The van der Waals surface area contributed by atoms with Crippen molar-refractivity contribution in [3.63, 3.8) is 0 Å². The Bertz CT molecular complexity index is 844. The molecular formula is C22H25BrCl2N2O2S. The summed E-state index contributed by atoms with van der Waals surface area (Å²) in [6, 6.07) is 12.6. The second kappa shape index (κ2) is 12.6. The molecule has 2 aromatic carbocycles. The number of amides is 2. The Morgan fingerprint density at radius 3 is 2.30 bits per heavy atom. The van der Waals surface area contributed by atoms with E-state index in [1.165, 1.54) is 11.8 Å². The van der Waals surface area contributed by atoms with Crippen LogP contribution in [0.1, 0.15) is 31.4 Å². The first-order chi connectivity index (χ1) is 14.4. The van der Waals surface area contributed by atoms with E-state index in [0.717, 1.165) is 10.0 Å². The van der Waals surface area contributed by atoms with Crippen molar-refractivity contribution >= 4 is 62.7 Å². The first kappa shape index (κ1) is 25.1. The minimum atomic E-state index is -0.585. The van der Waals surface area contributed by atoms with E-state index in [-0.39, 0.29) is 24.1 Å². The van der Waals surface area contributed by atoms with Crippen molar-refractivity contribution < 1.29 is 9.59 Å². The molecule has 0 aliphatic heterocycles. The lowest BCUT2D eigenvalue weighted by molar-refractivity contribution is -0.139. The number of carbonyl (C=O) groups excluding carboxylic acids is 2. The van der Waals surface area contributed by atoms with E-state index < -0.39 is 6.04 Å². The van der Waals surface area contributed by atoms with Gasteiger partial charge in [-0.05, 0) is 43.2 Å². The number of benzene rings is 2. The molecule has 1 unspecified atom stereocenters. The smallest absolute Gasteiger partial charge is 0.242 e. The quantitative estimate of drug-likeness (QED) is 0.413. The van der Waals surface area contributed by atoms with E-state index in [4.69, 9.17) is 23.2 Å². The van der Waals surface area contributed by atoms with Crippen LogP contribution < -0.4 is 5.32 Å². The molecular weight excluding hydrogens is 507 g/mol. The van der Waals surface area contributed by atoms with Gasteiger partial charge >= 0.3 is 0 Å². The summed E-state index contributed by atoms with van der Waals surface area (Å²) in [6.07, 6.45) is 0.497. The molecule has 0 fully saturated rings. The molecule has 8 heteroatoms. The van der Waals surface area contributed by atoms with Gasteiger partial charge in [0, 0.05) is 38.9 Å². The van der Waals surface area contributed by atoms with Crippen LogP contribution in [0.4, 0.5) is 0 Å². The van der Waals surface area contributed by atoms with Gasteiger partial charge in [-0.2, -0.15) is 0 Å². The van der Waals surface area contributed by atoms with Crippen LogP contribution in [0.15, 0.2) is 46.9 Å². The van der Waals surface area contributed by atoms with Crippen molar-refractivity contribution in [1.82, 2.24) is 10.2 Å². The van der Waals surface area contributed by atoms with E-state index in [2.05, 4.69) is 21.2 Å². The zero-order chi connectivity index (χ0) is 22.1. The third kappa shape index (κ3) is 7.19. The minimum absolute atomic E-state index is 0.119. The Morgan fingerprint density at radius 2 is 1.73 bits per heavy atom. The lowest BCUT2D eigenvalue weighted by atomic mass is 10.1. The zero-order valence-electron chi connectivity index (χ0n) is 17.0. The van der Waals surface area contributed by atoms with Crippen molar-refractivity contribution in [3.8, 4) is 0 Å². The van der Waals surface area contributed by atoms with Crippen LogP contribution in [0.2, 0.25) is 10.0 Å². The van der Waals surface area contributed by atoms with Gasteiger partial charge in [-0.15, -0.1) is 11.8 Å². The van der Waals surface area contributed by atoms with Crippen molar-refractivity contribution in [2.75, 3.05) is 12.3 Å². The highest BCUT2D eigenvalue weighted by Gasteiger charge is 2.29. The molecule has 0 aliphatic carbocycles. The molecule has 1 N–H and O–H groups in total. The first-order valence-corrected chi connectivity index (χ1v) is 12.4. The average molecular weight is 532 g/mol. The summed E-state index contributed by atoms with van der Waals surface area (Å²) < 4.78 is 1.02. The van der Waals surface area contributed by atoms with Crippen molar-refractivity contribution in [3.05, 3.63) is 68.1 Å². The van der Waals surface area contributed by atoms with Gasteiger partial charge in [-0.3, -0.25) is 9.59 Å². The summed E-state index contributed by atoms with van der Waals surface area (Å²) in [7, 11) is 0. The number of hydrogen-bond acceptors (Lipinski definition) is 3. The van der Waals surface area contributed by atoms with E-state index >= 15 is 0 Å². The van der Waals surface area contributed by atoms with Crippen molar-refractivity contribution in [1.29, 1.82) is 0 Å². The maximum atomic E-state index is 13.2. The molecule has 0 aromatic heterocycles. The molecule has 30 heavy (non-hydrogen) atoms. The largest absolute Gasteiger partial charge is 0.355 e. The zero-order valence-corrected chi connectivity index (χ0v) is 20.9. The Labute approximate surface area is 200 Å². The normalized spacial score (nSPS) is 11.8. The molecule has 0 spiro atoms. The van der Waals surface area contributed by atoms with E-state index in [1.807, 2.05) is 38.1 Å². The topological polar surface area (TPSA) is 49.4 Å². The van der Waals surface area contributed by atoms with Crippen LogP contribution >= 0.6 is 50.9 Å². The molecule has 0 heterocycles. The average Bonchev–Trinajstić information content (AvgIpc) is 2.71. The maximum Gasteiger partial charge on any atom is 0.242 e. The highest BCUT2D eigenvalue weighted by molar-refractivity contribution is 9.10. The molecule has 4 nitrogen and oxygen atoms in total. The summed E-state index contributed by atoms with van der Waals surface area (Å²) in [4.78, 5) is 27.4. The molecule has 1 atom stereocenters. The lowest BCUT2D eigenvalue weighted by Gasteiger charge is -2.31. The van der Waals surface area contributed by atoms with Crippen LogP contribution in [0.3, 0.4) is 0 Å². The van der Waals surface area contributed by atoms with Crippen molar-refractivity contribution in [2.45, 2.75) is 38.6 Å². The van der Waals surface area contributed by atoms with Gasteiger partial charge in [0.25, 0.3) is 0 Å². The highest BCUT2D eigenvalue weighted by atomic mass is 79.9. The maximum absolute atomic E-state index is 13.2. The SMILES string of the molecule is CCNC(=O)C(CC)N(Cc1c(Cl)cccc1Cl)C(=O)CSCc1ccc(Br)cc1. The molecule has 2 amide bonds. The summed E-state index contributed by atoms with van der Waals surface area (Å²) in [5.74, 6) is 0.673. The Balaban J connectivity index is 2.17. The fourth-order valence-electron chi connectivity index (χ4n) is 2.99. The molecule has 0 saturated heterocycles. The molecule has 0 saturated carbocycles. The van der Waals surface area contributed by atoms with E-state index in [1.54, 1.807) is 23.1 Å². The van der Waals surface area contributed by atoms with Gasteiger partial charge in [-0.25, -0.2) is 0 Å². The number of thioether (sulfide) groups is 1. The van der Waals surface area contributed by atoms with Gasteiger partial charge in [-0.1, -0.05) is 64.3 Å². The van der Waals surface area contributed by atoms with Crippen LogP contribution in [0.25, 0.3) is 0 Å². The van der Waals surface area contributed by atoms with E-state index in [0.29, 0.717) is 34.3 Å². The van der Waals surface area contributed by atoms with Crippen LogP contribution in [-0.2, 0) is 21.9 Å². The Morgan fingerprint density at radius 1 is 1.10 bits per heavy atom. The minimum Gasteiger partial charge on any atom is -0.355 e. The number of nitrogens with one attached hydrogen (secondary N) is 1. The standard InChI is InChI=1S/C22H25BrCl2N2O2S/c1-3-20(22(29)26-4-2)27(12-17-18(24)6-5-7-19(17)25)21(28)14-30-13-15-8-10-16(23)11-9-15/h5-11,20H,3-4,12-14H2,1-2H3,(H,26,29). The van der Waals surface area contributed by atoms with Crippen LogP contribution in [-0.4, -0.2) is 35.1 Å². The Hall–Kier alpha value is -1.21. The second-order valence-electron chi connectivity index (χ2n) is 6.66. The first-order valence-electron chi connectivity index (χ1n) is 9.69. The third-order valence-electron chi connectivity index (χ3n) is 4.53. The Kier molecular flexibility index (Phi) is 10.5. The third-order valence-corrected chi connectivity index (χ3v) is 6.76. The van der Waals surface area contributed by atoms with Gasteiger partial charge in [0.05, 0.1) is 5.75 Å². The predicted octanol–water partition coefficient (Wildman–Crippen LogP) is 5.93. The highest BCUT2D eigenvalue weighted by Crippen LogP contribution is 2.27.